The van der Waals surface area contributed by atoms with Crippen LogP contribution in [0.3, 0.4) is 0 Å². The Kier molecular flexibility index (Phi) is 3.38. The molecule has 0 atom stereocenters. The molecular formula is C18H17N5. The zero-order chi connectivity index (χ0) is 15.6. The number of anilines is 3. The summed E-state index contributed by atoms with van der Waals surface area (Å²) >= 11 is 0. The highest BCUT2D eigenvalue weighted by Crippen LogP contribution is 2.33. The normalized spacial score (nSPS) is 13.7. The van der Waals surface area contributed by atoms with Gasteiger partial charge in [0.2, 0.25) is 0 Å². The van der Waals surface area contributed by atoms with Gasteiger partial charge in [0.15, 0.2) is 0 Å². The van der Waals surface area contributed by atoms with Gasteiger partial charge < -0.3 is 10.2 Å². The van der Waals surface area contributed by atoms with Gasteiger partial charge in [-0.25, -0.2) is 15.0 Å². The third-order valence-electron chi connectivity index (χ3n) is 4.17. The van der Waals surface area contributed by atoms with E-state index in [1.54, 1.807) is 6.20 Å². The van der Waals surface area contributed by atoms with Crippen LogP contribution < -0.4 is 10.2 Å². The van der Waals surface area contributed by atoms with Crippen LogP contribution in [0.2, 0.25) is 0 Å². The first-order valence-electron chi connectivity index (χ1n) is 7.68. The maximum atomic E-state index is 4.55. The Bertz CT molecular complexity index is 856. The summed E-state index contributed by atoms with van der Waals surface area (Å²) in [7, 11) is 0. The van der Waals surface area contributed by atoms with E-state index in [0.717, 1.165) is 41.1 Å². The fraction of sp³-hybridized carbons (Fsp3) is 0.167. The second-order valence-corrected chi connectivity index (χ2v) is 5.55. The Morgan fingerprint density at radius 2 is 2.00 bits per heavy atom. The van der Waals surface area contributed by atoms with Crippen molar-refractivity contribution in [2.75, 3.05) is 23.3 Å². The molecule has 0 bridgehead atoms. The lowest BCUT2D eigenvalue weighted by Gasteiger charge is -2.34. The molecule has 114 valence electrons. The summed E-state index contributed by atoms with van der Waals surface area (Å²) in [4.78, 5) is 15.0. The van der Waals surface area contributed by atoms with Crippen molar-refractivity contribution in [1.82, 2.24) is 15.0 Å². The van der Waals surface area contributed by atoms with Crippen LogP contribution in [0.15, 0.2) is 49.6 Å². The topological polar surface area (TPSA) is 53.9 Å². The Balaban J connectivity index is 1.79. The predicted octanol–water partition coefficient (Wildman–Crippen LogP) is 3.62. The zero-order valence-corrected chi connectivity index (χ0v) is 12.7. The lowest BCUT2D eigenvalue weighted by Crippen LogP contribution is -2.37. The number of hydrogen-bond donors (Lipinski definition) is 1. The van der Waals surface area contributed by atoms with Gasteiger partial charge in [0, 0.05) is 36.6 Å². The first-order valence-corrected chi connectivity index (χ1v) is 7.68. The van der Waals surface area contributed by atoms with E-state index in [0.29, 0.717) is 0 Å². The Morgan fingerprint density at radius 1 is 1.09 bits per heavy atom. The number of benzene rings is 1. The minimum Gasteiger partial charge on any atom is -0.371 e. The van der Waals surface area contributed by atoms with Crippen LogP contribution in [0.25, 0.3) is 16.8 Å². The number of hydrogen-bond acceptors (Lipinski definition) is 5. The number of fused-ring (bicyclic) bond motifs is 1. The number of pyridine rings is 1. The van der Waals surface area contributed by atoms with Gasteiger partial charge in [-0.1, -0.05) is 18.7 Å². The van der Waals surface area contributed by atoms with Crippen LogP contribution in [0.5, 0.6) is 0 Å². The monoisotopic (exact) mass is 303 g/mol. The molecule has 1 aliphatic rings. The van der Waals surface area contributed by atoms with E-state index in [9.17, 15) is 0 Å². The maximum absolute atomic E-state index is 4.55. The van der Waals surface area contributed by atoms with Gasteiger partial charge in [0.05, 0.1) is 0 Å². The summed E-state index contributed by atoms with van der Waals surface area (Å²) in [5, 5.41) is 5.53. The summed E-state index contributed by atoms with van der Waals surface area (Å²) in [6.45, 7) is 6.16. The average Bonchev–Trinajstić information content (AvgIpc) is 2.54. The Labute approximate surface area is 134 Å². The molecule has 1 N–H and O–H groups in total. The first kappa shape index (κ1) is 13.7. The molecule has 0 unspecified atom stereocenters. The molecule has 1 saturated heterocycles. The van der Waals surface area contributed by atoms with Gasteiger partial charge in [-0.15, -0.1) is 0 Å². The van der Waals surface area contributed by atoms with E-state index in [2.05, 4.69) is 49.9 Å². The standard InChI is InChI=1S/C18H17N5/c1-2-13-4-5-16(23-8-3-9-23)15-11-20-18(10-14(13)15)22-17-6-7-19-12-21-17/h2,4-7,10-12H,1,3,8-9H2,(H,19,20,21,22). The third-order valence-corrected chi connectivity index (χ3v) is 4.17. The molecule has 4 rings (SSSR count). The SMILES string of the molecule is C=Cc1ccc(N2CCC2)c2cnc(Nc3ccncn3)cc12. The zero-order valence-electron chi connectivity index (χ0n) is 12.7. The van der Waals surface area contributed by atoms with Gasteiger partial charge in [-0.05, 0) is 35.6 Å². The van der Waals surface area contributed by atoms with Crippen molar-refractivity contribution < 1.29 is 0 Å². The molecule has 0 saturated carbocycles. The quantitative estimate of drug-likeness (QED) is 0.797. The van der Waals surface area contributed by atoms with E-state index >= 15 is 0 Å². The van der Waals surface area contributed by atoms with Crippen LogP contribution >= 0.6 is 0 Å². The second kappa shape index (κ2) is 5.68. The molecular weight excluding hydrogens is 286 g/mol. The second-order valence-electron chi connectivity index (χ2n) is 5.55. The van der Waals surface area contributed by atoms with Crippen molar-refractivity contribution >= 4 is 34.2 Å². The van der Waals surface area contributed by atoms with Crippen LogP contribution in [0, 0.1) is 0 Å². The van der Waals surface area contributed by atoms with Crippen molar-refractivity contribution in [2.45, 2.75) is 6.42 Å². The summed E-state index contributed by atoms with van der Waals surface area (Å²) in [6.07, 6.45) is 8.29. The third kappa shape index (κ3) is 2.50. The minimum absolute atomic E-state index is 0.728. The summed E-state index contributed by atoms with van der Waals surface area (Å²) in [6, 6.07) is 8.16. The van der Waals surface area contributed by atoms with Crippen LogP contribution in [0.4, 0.5) is 17.3 Å². The van der Waals surface area contributed by atoms with E-state index in [1.807, 2.05) is 18.3 Å². The molecule has 1 aromatic carbocycles. The van der Waals surface area contributed by atoms with Gasteiger partial charge in [-0.3, -0.25) is 0 Å². The number of nitrogens with one attached hydrogen (secondary N) is 1. The summed E-state index contributed by atoms with van der Waals surface area (Å²) in [5.74, 6) is 1.49. The molecule has 5 heteroatoms. The molecule has 0 aliphatic carbocycles. The van der Waals surface area contributed by atoms with Crippen molar-refractivity contribution in [3.63, 3.8) is 0 Å². The molecule has 1 aliphatic heterocycles. The summed E-state index contributed by atoms with van der Waals surface area (Å²) in [5.41, 5.74) is 2.36. The lowest BCUT2D eigenvalue weighted by atomic mass is 10.0. The van der Waals surface area contributed by atoms with Gasteiger partial charge >= 0.3 is 0 Å². The van der Waals surface area contributed by atoms with Crippen molar-refractivity contribution in [3.8, 4) is 0 Å². The number of nitrogens with zero attached hydrogens (tertiary/aromatic N) is 4. The predicted molar refractivity (Wildman–Crippen MR) is 94.0 cm³/mol. The molecule has 5 nitrogen and oxygen atoms in total. The largest absolute Gasteiger partial charge is 0.371 e. The fourth-order valence-corrected chi connectivity index (χ4v) is 2.82. The first-order chi connectivity index (χ1) is 11.3. The van der Waals surface area contributed by atoms with E-state index in [1.165, 1.54) is 18.4 Å². The van der Waals surface area contributed by atoms with Crippen LogP contribution in [-0.2, 0) is 0 Å². The van der Waals surface area contributed by atoms with Crippen LogP contribution in [-0.4, -0.2) is 28.0 Å². The fourth-order valence-electron chi connectivity index (χ4n) is 2.82. The maximum Gasteiger partial charge on any atom is 0.134 e. The van der Waals surface area contributed by atoms with Gasteiger partial charge in [-0.2, -0.15) is 0 Å². The van der Waals surface area contributed by atoms with E-state index in [-0.39, 0.29) is 0 Å². The highest BCUT2D eigenvalue weighted by atomic mass is 15.2. The molecule has 0 amide bonds. The molecule has 0 radical (unpaired) electrons. The Hall–Kier alpha value is -2.95. The molecule has 23 heavy (non-hydrogen) atoms. The van der Waals surface area contributed by atoms with E-state index < -0.39 is 0 Å². The minimum atomic E-state index is 0.728. The molecule has 3 aromatic rings. The van der Waals surface area contributed by atoms with Crippen molar-refractivity contribution in [2.24, 2.45) is 0 Å². The highest BCUT2D eigenvalue weighted by Gasteiger charge is 2.18. The highest BCUT2D eigenvalue weighted by molar-refractivity contribution is 6.00. The van der Waals surface area contributed by atoms with Gasteiger partial charge in [0.1, 0.15) is 18.0 Å². The van der Waals surface area contributed by atoms with Crippen molar-refractivity contribution in [1.29, 1.82) is 0 Å². The van der Waals surface area contributed by atoms with Crippen molar-refractivity contribution in [3.05, 3.63) is 55.1 Å². The number of aromatic nitrogens is 3. The number of rotatable bonds is 4. The molecule has 2 aromatic heterocycles. The smallest absolute Gasteiger partial charge is 0.134 e. The van der Waals surface area contributed by atoms with Gasteiger partial charge in [0.25, 0.3) is 0 Å². The molecule has 1 fully saturated rings. The summed E-state index contributed by atoms with van der Waals surface area (Å²) < 4.78 is 0. The van der Waals surface area contributed by atoms with E-state index in [4.69, 9.17) is 0 Å². The Morgan fingerprint density at radius 3 is 2.70 bits per heavy atom. The van der Waals surface area contributed by atoms with Crippen LogP contribution in [0.1, 0.15) is 12.0 Å². The molecule has 0 spiro atoms. The average molecular weight is 303 g/mol. The lowest BCUT2D eigenvalue weighted by molar-refractivity contribution is 0.620. The molecule has 3 heterocycles.